The average molecular weight is 294 g/mol. The maximum atomic E-state index is 11.9. The predicted molar refractivity (Wildman–Crippen MR) is 77.1 cm³/mol. The number of nitrogens with one attached hydrogen (secondary N) is 2. The molecule has 0 saturated heterocycles. The monoisotopic (exact) mass is 293 g/mol. The van der Waals surface area contributed by atoms with Crippen LogP contribution in [-0.2, 0) is 6.42 Å². The summed E-state index contributed by atoms with van der Waals surface area (Å²) in [5.74, 6) is -0.261. The van der Waals surface area contributed by atoms with Crippen molar-refractivity contribution in [2.75, 3.05) is 6.54 Å². The Hall–Kier alpha value is -2.01. The molecule has 6 heteroatoms. The summed E-state index contributed by atoms with van der Waals surface area (Å²) in [5.41, 5.74) is 2.48. The van der Waals surface area contributed by atoms with Crippen molar-refractivity contribution in [3.63, 3.8) is 0 Å². The van der Waals surface area contributed by atoms with Crippen LogP contribution in [0.15, 0.2) is 24.4 Å². The van der Waals surface area contributed by atoms with Gasteiger partial charge in [-0.1, -0.05) is 11.6 Å². The Labute approximate surface area is 122 Å². The first-order valence-electron chi connectivity index (χ1n) is 6.33. The van der Waals surface area contributed by atoms with Crippen LogP contribution >= 0.6 is 11.6 Å². The summed E-state index contributed by atoms with van der Waals surface area (Å²) in [6.45, 7) is 2.50. The third-order valence-corrected chi connectivity index (χ3v) is 3.37. The number of phenolic OH excluding ortho intramolecular Hbond substituents is 1. The van der Waals surface area contributed by atoms with Gasteiger partial charge in [0.2, 0.25) is 0 Å². The van der Waals surface area contributed by atoms with Gasteiger partial charge in [0.1, 0.15) is 5.75 Å². The molecule has 0 radical (unpaired) electrons. The SMILES string of the molecule is Cc1[nH]ncc1CCCNC(=O)c1cc(O)ccc1Cl. The Bertz CT molecular complexity index is 610. The van der Waals surface area contributed by atoms with Crippen LogP contribution in [0.4, 0.5) is 0 Å². The Morgan fingerprint density at radius 2 is 2.30 bits per heavy atom. The highest BCUT2D eigenvalue weighted by atomic mass is 35.5. The van der Waals surface area contributed by atoms with Crippen molar-refractivity contribution < 1.29 is 9.90 Å². The van der Waals surface area contributed by atoms with Gasteiger partial charge in [-0.25, -0.2) is 0 Å². The van der Waals surface area contributed by atoms with Gasteiger partial charge >= 0.3 is 0 Å². The van der Waals surface area contributed by atoms with Crippen molar-refractivity contribution in [1.29, 1.82) is 0 Å². The number of H-pyrrole nitrogens is 1. The number of carbonyl (C=O) groups excluding carboxylic acids is 1. The lowest BCUT2D eigenvalue weighted by atomic mass is 10.1. The Morgan fingerprint density at radius 3 is 3.00 bits per heavy atom. The molecule has 0 unspecified atom stereocenters. The van der Waals surface area contributed by atoms with Gasteiger partial charge in [0.25, 0.3) is 5.91 Å². The van der Waals surface area contributed by atoms with E-state index in [4.69, 9.17) is 11.6 Å². The number of aromatic nitrogens is 2. The van der Waals surface area contributed by atoms with E-state index in [9.17, 15) is 9.90 Å². The number of hydrogen-bond donors (Lipinski definition) is 3. The summed E-state index contributed by atoms with van der Waals surface area (Å²) >= 11 is 5.92. The van der Waals surface area contributed by atoms with Crippen LogP contribution < -0.4 is 5.32 Å². The quantitative estimate of drug-likeness (QED) is 0.741. The summed E-state index contributed by atoms with van der Waals surface area (Å²) in [4.78, 5) is 11.9. The van der Waals surface area contributed by atoms with E-state index in [0.29, 0.717) is 11.6 Å². The van der Waals surface area contributed by atoms with Crippen LogP contribution in [0, 0.1) is 6.92 Å². The maximum Gasteiger partial charge on any atom is 0.252 e. The number of nitrogens with zero attached hydrogens (tertiary/aromatic N) is 1. The highest BCUT2D eigenvalue weighted by molar-refractivity contribution is 6.33. The molecule has 106 valence electrons. The van der Waals surface area contributed by atoms with Crippen molar-refractivity contribution in [2.45, 2.75) is 19.8 Å². The second-order valence-electron chi connectivity index (χ2n) is 4.54. The third-order valence-electron chi connectivity index (χ3n) is 3.04. The summed E-state index contributed by atoms with van der Waals surface area (Å²) < 4.78 is 0. The van der Waals surface area contributed by atoms with E-state index in [1.807, 2.05) is 6.92 Å². The molecule has 5 nitrogen and oxygen atoms in total. The smallest absolute Gasteiger partial charge is 0.252 e. The number of amides is 1. The van der Waals surface area contributed by atoms with Crippen LogP contribution in [0.1, 0.15) is 28.0 Å². The van der Waals surface area contributed by atoms with Crippen molar-refractivity contribution >= 4 is 17.5 Å². The van der Waals surface area contributed by atoms with Crippen molar-refractivity contribution in [3.8, 4) is 5.75 Å². The van der Waals surface area contributed by atoms with Gasteiger partial charge in [-0.15, -0.1) is 0 Å². The molecule has 1 aromatic carbocycles. The zero-order valence-corrected chi connectivity index (χ0v) is 11.9. The molecule has 0 aliphatic carbocycles. The predicted octanol–water partition coefficient (Wildman–Crippen LogP) is 2.44. The van der Waals surface area contributed by atoms with Crippen LogP contribution in [0.3, 0.4) is 0 Å². The first-order valence-corrected chi connectivity index (χ1v) is 6.71. The fraction of sp³-hybridized carbons (Fsp3) is 0.286. The number of halogens is 1. The third kappa shape index (κ3) is 3.51. The lowest BCUT2D eigenvalue weighted by Gasteiger charge is -2.07. The minimum Gasteiger partial charge on any atom is -0.508 e. The first-order chi connectivity index (χ1) is 9.58. The molecule has 20 heavy (non-hydrogen) atoms. The van der Waals surface area contributed by atoms with Gasteiger partial charge in [-0.2, -0.15) is 5.10 Å². The molecular weight excluding hydrogens is 278 g/mol. The first kappa shape index (κ1) is 14.4. The summed E-state index contributed by atoms with van der Waals surface area (Å²) in [6, 6.07) is 4.30. The summed E-state index contributed by atoms with van der Waals surface area (Å²) in [6.07, 6.45) is 3.45. The number of carbonyl (C=O) groups is 1. The molecule has 2 aromatic rings. The number of hydrogen-bond acceptors (Lipinski definition) is 3. The van der Waals surface area contributed by atoms with Gasteiger partial charge in [0.15, 0.2) is 0 Å². The van der Waals surface area contributed by atoms with Gasteiger partial charge in [-0.3, -0.25) is 9.89 Å². The Morgan fingerprint density at radius 1 is 1.50 bits per heavy atom. The summed E-state index contributed by atoms with van der Waals surface area (Å²) in [7, 11) is 0. The molecule has 0 aliphatic heterocycles. The number of rotatable bonds is 5. The van der Waals surface area contributed by atoms with E-state index in [2.05, 4.69) is 15.5 Å². The van der Waals surface area contributed by atoms with Crippen molar-refractivity contribution in [2.24, 2.45) is 0 Å². The highest BCUT2D eigenvalue weighted by Crippen LogP contribution is 2.20. The second-order valence-corrected chi connectivity index (χ2v) is 4.95. The second kappa shape index (κ2) is 6.43. The number of aryl methyl sites for hydroxylation is 2. The number of phenols is 1. The Kier molecular flexibility index (Phi) is 4.63. The fourth-order valence-corrected chi connectivity index (χ4v) is 2.09. The molecule has 0 spiro atoms. The van der Waals surface area contributed by atoms with Gasteiger partial charge in [0.05, 0.1) is 16.8 Å². The topological polar surface area (TPSA) is 78.0 Å². The number of aromatic amines is 1. The molecule has 1 heterocycles. The molecular formula is C14H16ClN3O2. The molecule has 1 amide bonds. The molecule has 0 atom stereocenters. The fourth-order valence-electron chi connectivity index (χ4n) is 1.89. The van der Waals surface area contributed by atoms with Gasteiger partial charge < -0.3 is 10.4 Å². The van der Waals surface area contributed by atoms with E-state index in [1.54, 1.807) is 6.20 Å². The normalized spacial score (nSPS) is 10.5. The largest absolute Gasteiger partial charge is 0.508 e. The van der Waals surface area contributed by atoms with Crippen molar-refractivity contribution in [1.82, 2.24) is 15.5 Å². The zero-order chi connectivity index (χ0) is 14.5. The van der Waals surface area contributed by atoms with E-state index in [-0.39, 0.29) is 17.2 Å². The summed E-state index contributed by atoms with van der Waals surface area (Å²) in [5, 5.41) is 19.3. The van der Waals surface area contributed by atoms with Gasteiger partial charge in [-0.05, 0) is 43.5 Å². The lowest BCUT2D eigenvalue weighted by molar-refractivity contribution is 0.0953. The highest BCUT2D eigenvalue weighted by Gasteiger charge is 2.10. The average Bonchev–Trinajstić information content (AvgIpc) is 2.83. The minimum atomic E-state index is -0.283. The number of benzene rings is 1. The van der Waals surface area contributed by atoms with E-state index >= 15 is 0 Å². The molecule has 0 bridgehead atoms. The minimum absolute atomic E-state index is 0.0218. The standard InChI is InChI=1S/C14H16ClN3O2/c1-9-10(8-17-18-9)3-2-6-16-14(20)12-7-11(19)4-5-13(12)15/h4-5,7-8,19H,2-3,6H2,1H3,(H,16,20)(H,17,18). The van der Waals surface area contributed by atoms with E-state index in [1.165, 1.54) is 18.2 Å². The van der Waals surface area contributed by atoms with Crippen molar-refractivity contribution in [3.05, 3.63) is 46.2 Å². The molecule has 2 rings (SSSR count). The maximum absolute atomic E-state index is 11.9. The van der Waals surface area contributed by atoms with Crippen LogP contribution in [-0.4, -0.2) is 27.8 Å². The van der Waals surface area contributed by atoms with Crippen LogP contribution in [0.2, 0.25) is 5.02 Å². The van der Waals surface area contributed by atoms with E-state index in [0.717, 1.165) is 24.1 Å². The molecule has 0 aliphatic rings. The molecule has 0 saturated carbocycles. The van der Waals surface area contributed by atoms with Gasteiger partial charge in [0, 0.05) is 12.2 Å². The molecule has 0 fully saturated rings. The number of aromatic hydroxyl groups is 1. The molecule has 3 N–H and O–H groups in total. The Balaban J connectivity index is 1.83. The van der Waals surface area contributed by atoms with Crippen LogP contribution in [0.5, 0.6) is 5.75 Å². The zero-order valence-electron chi connectivity index (χ0n) is 11.1. The van der Waals surface area contributed by atoms with Crippen LogP contribution in [0.25, 0.3) is 0 Å². The van der Waals surface area contributed by atoms with E-state index < -0.39 is 0 Å². The lowest BCUT2D eigenvalue weighted by Crippen LogP contribution is -2.25. The molecule has 1 aromatic heterocycles.